The predicted molar refractivity (Wildman–Crippen MR) is 146 cm³/mol. The zero-order valence-electron chi connectivity index (χ0n) is 20.0. The van der Waals surface area contributed by atoms with E-state index in [2.05, 4.69) is 43.7 Å². The highest BCUT2D eigenvalue weighted by Crippen LogP contribution is 2.20. The van der Waals surface area contributed by atoms with Crippen molar-refractivity contribution >= 4 is 51.2 Å². The van der Waals surface area contributed by atoms with Gasteiger partial charge in [0.15, 0.2) is 6.61 Å². The van der Waals surface area contributed by atoms with Crippen LogP contribution in [0.3, 0.4) is 0 Å². The van der Waals surface area contributed by atoms with Crippen LogP contribution in [0.1, 0.15) is 11.1 Å². The van der Waals surface area contributed by atoms with E-state index in [-0.39, 0.29) is 12.5 Å². The van der Waals surface area contributed by atoms with E-state index in [1.807, 2.05) is 19.1 Å². The minimum Gasteiger partial charge on any atom is -0.490 e. The van der Waals surface area contributed by atoms with Crippen LogP contribution in [0.25, 0.3) is 0 Å². The number of hydrogen-bond donors (Lipinski definition) is 3. The van der Waals surface area contributed by atoms with Crippen LogP contribution in [0.4, 0.5) is 11.4 Å². The third-order valence-electron chi connectivity index (χ3n) is 4.76. The fourth-order valence-electron chi connectivity index (χ4n) is 2.98. The lowest BCUT2D eigenvalue weighted by Gasteiger charge is -2.10. The molecule has 9 nitrogen and oxygen atoms in total. The van der Waals surface area contributed by atoms with E-state index in [0.717, 1.165) is 10.0 Å². The highest BCUT2D eigenvalue weighted by atomic mass is 79.9. The molecule has 0 aliphatic heterocycles. The normalized spacial score (nSPS) is 10.4. The summed E-state index contributed by atoms with van der Waals surface area (Å²) >= 11 is 3.39. The topological polar surface area (TPSA) is 118 Å². The molecule has 0 fully saturated rings. The number of aryl methyl sites for hydroxylation is 1. The molecule has 3 aromatic rings. The molecule has 0 aliphatic rings. The molecule has 37 heavy (non-hydrogen) atoms. The number of amides is 3. The van der Waals surface area contributed by atoms with Gasteiger partial charge in [-0.15, -0.1) is 0 Å². The summed E-state index contributed by atoms with van der Waals surface area (Å²) in [4.78, 5) is 36.4. The van der Waals surface area contributed by atoms with Gasteiger partial charge < -0.3 is 20.1 Å². The van der Waals surface area contributed by atoms with Gasteiger partial charge in [-0.25, -0.2) is 5.43 Å². The van der Waals surface area contributed by atoms with Crippen LogP contribution >= 0.6 is 15.9 Å². The molecule has 0 spiro atoms. The molecule has 0 atom stereocenters. The molecule has 3 aromatic carbocycles. The summed E-state index contributed by atoms with van der Waals surface area (Å²) in [7, 11) is 0. The predicted octanol–water partition coefficient (Wildman–Crippen LogP) is 4.43. The number of rotatable bonds is 10. The maximum absolute atomic E-state index is 12.2. The van der Waals surface area contributed by atoms with E-state index in [9.17, 15) is 14.4 Å². The van der Waals surface area contributed by atoms with Gasteiger partial charge in [0.25, 0.3) is 5.91 Å². The quantitative estimate of drug-likeness (QED) is 0.146. The highest BCUT2D eigenvalue weighted by molar-refractivity contribution is 9.10. The second kappa shape index (κ2) is 13.6. The molecule has 0 unspecified atom stereocenters. The van der Waals surface area contributed by atoms with Crippen molar-refractivity contribution in [2.24, 2.45) is 5.10 Å². The number of carbonyl (C=O) groups excluding carboxylic acids is 3. The number of ether oxygens (including phenoxy) is 2. The zero-order valence-corrected chi connectivity index (χ0v) is 21.6. The van der Waals surface area contributed by atoms with Crippen molar-refractivity contribution in [3.05, 3.63) is 95.0 Å². The molecule has 0 bridgehead atoms. The van der Waals surface area contributed by atoms with E-state index in [1.54, 1.807) is 60.7 Å². The molecule has 3 N–H and O–H groups in total. The first-order valence-corrected chi connectivity index (χ1v) is 11.9. The fourth-order valence-corrected chi connectivity index (χ4v) is 3.46. The summed E-state index contributed by atoms with van der Waals surface area (Å²) in [5.41, 5.74) is 4.82. The van der Waals surface area contributed by atoms with Gasteiger partial charge in [-0.2, -0.15) is 5.10 Å². The molecule has 0 saturated heterocycles. The number of anilines is 2. The lowest BCUT2D eigenvalue weighted by Crippen LogP contribution is -2.32. The first kappa shape index (κ1) is 27.2. The second-order valence-electron chi connectivity index (χ2n) is 7.65. The third kappa shape index (κ3) is 8.93. The molecule has 3 amide bonds. The average molecular weight is 565 g/mol. The summed E-state index contributed by atoms with van der Waals surface area (Å²) in [6.07, 6.45) is 2.98. The average Bonchev–Trinajstić information content (AvgIpc) is 2.89. The van der Waals surface area contributed by atoms with E-state index in [0.29, 0.717) is 35.0 Å². The van der Waals surface area contributed by atoms with Gasteiger partial charge in [0, 0.05) is 15.8 Å². The van der Waals surface area contributed by atoms with Crippen molar-refractivity contribution in [3.8, 4) is 11.5 Å². The van der Waals surface area contributed by atoms with E-state index < -0.39 is 11.8 Å². The molecule has 0 aromatic heterocycles. The Balaban J connectivity index is 1.46. The Morgan fingerprint density at radius 3 is 2.46 bits per heavy atom. The molecule has 0 radical (unpaired) electrons. The molecule has 3 rings (SSSR count). The van der Waals surface area contributed by atoms with Crippen molar-refractivity contribution in [2.45, 2.75) is 6.92 Å². The van der Waals surface area contributed by atoms with Gasteiger partial charge in [0.2, 0.25) is 0 Å². The van der Waals surface area contributed by atoms with Crippen LogP contribution in [0.5, 0.6) is 11.5 Å². The summed E-state index contributed by atoms with van der Waals surface area (Å²) < 4.78 is 11.8. The lowest BCUT2D eigenvalue weighted by atomic mass is 10.2. The van der Waals surface area contributed by atoms with Crippen LogP contribution in [0.2, 0.25) is 0 Å². The molecular formula is C27H25BrN4O5. The summed E-state index contributed by atoms with van der Waals surface area (Å²) in [5, 5.41) is 9.08. The SMILES string of the molecule is C=CCOc1ccc(NC(=O)C(=O)N/N=C\c2cccc(OCC(=O)Nc3ccc(Br)cc3C)c2)cc1. The molecular weight excluding hydrogens is 540 g/mol. The number of nitrogens with zero attached hydrogens (tertiary/aromatic N) is 1. The van der Waals surface area contributed by atoms with Gasteiger partial charge in [-0.3, -0.25) is 14.4 Å². The maximum atomic E-state index is 12.2. The number of nitrogens with one attached hydrogen (secondary N) is 3. The largest absolute Gasteiger partial charge is 0.490 e. The minimum absolute atomic E-state index is 0.186. The Bertz CT molecular complexity index is 1310. The molecule has 0 saturated carbocycles. The van der Waals surface area contributed by atoms with Gasteiger partial charge in [-0.1, -0.05) is 40.7 Å². The molecule has 10 heteroatoms. The maximum Gasteiger partial charge on any atom is 0.329 e. The Hall–Kier alpha value is -4.44. The van der Waals surface area contributed by atoms with Crippen molar-refractivity contribution in [2.75, 3.05) is 23.8 Å². The highest BCUT2D eigenvalue weighted by Gasteiger charge is 2.13. The molecule has 0 aliphatic carbocycles. The van der Waals surface area contributed by atoms with Gasteiger partial charge in [0.05, 0.1) is 6.21 Å². The van der Waals surface area contributed by atoms with Crippen molar-refractivity contribution < 1.29 is 23.9 Å². The number of benzene rings is 3. The van der Waals surface area contributed by atoms with Gasteiger partial charge in [-0.05, 0) is 72.6 Å². The Kier molecular flexibility index (Phi) is 9.98. The zero-order chi connectivity index (χ0) is 26.6. The van der Waals surface area contributed by atoms with Crippen LogP contribution in [-0.2, 0) is 14.4 Å². The first-order chi connectivity index (χ1) is 17.8. The Morgan fingerprint density at radius 1 is 0.946 bits per heavy atom. The summed E-state index contributed by atoms with van der Waals surface area (Å²) in [6.45, 7) is 5.64. The second-order valence-corrected chi connectivity index (χ2v) is 8.56. The van der Waals surface area contributed by atoms with E-state index >= 15 is 0 Å². The Labute approximate surface area is 222 Å². The summed E-state index contributed by atoms with van der Waals surface area (Å²) in [6, 6.07) is 18.9. The molecule has 190 valence electrons. The van der Waals surface area contributed by atoms with E-state index in [4.69, 9.17) is 9.47 Å². The number of carbonyl (C=O) groups is 3. The first-order valence-electron chi connectivity index (χ1n) is 11.1. The van der Waals surface area contributed by atoms with Crippen LogP contribution < -0.4 is 25.5 Å². The van der Waals surface area contributed by atoms with E-state index in [1.165, 1.54) is 6.21 Å². The van der Waals surface area contributed by atoms with Crippen LogP contribution in [0, 0.1) is 6.92 Å². The lowest BCUT2D eigenvalue weighted by molar-refractivity contribution is -0.136. The minimum atomic E-state index is -0.935. The number of hydrogen-bond acceptors (Lipinski definition) is 6. The fraction of sp³-hybridized carbons (Fsp3) is 0.111. The van der Waals surface area contributed by atoms with Crippen LogP contribution in [0.15, 0.2) is 89.0 Å². The number of halogens is 1. The van der Waals surface area contributed by atoms with Crippen molar-refractivity contribution in [1.82, 2.24) is 5.43 Å². The summed E-state index contributed by atoms with van der Waals surface area (Å²) in [5.74, 6) is -1.06. The van der Waals surface area contributed by atoms with Gasteiger partial charge in [0.1, 0.15) is 18.1 Å². The smallest absolute Gasteiger partial charge is 0.329 e. The standard InChI is InChI=1S/C27H25BrN4O5/c1-3-13-36-22-10-8-21(9-11-22)30-26(34)27(35)32-29-16-19-5-4-6-23(15-19)37-17-25(33)31-24-12-7-20(28)14-18(24)2/h3-12,14-16H,1,13,17H2,2H3,(H,30,34)(H,31,33)(H,32,35)/b29-16-. The van der Waals surface area contributed by atoms with Crippen LogP contribution in [-0.4, -0.2) is 37.1 Å². The van der Waals surface area contributed by atoms with Gasteiger partial charge >= 0.3 is 11.8 Å². The van der Waals surface area contributed by atoms with Crippen molar-refractivity contribution in [3.63, 3.8) is 0 Å². The van der Waals surface area contributed by atoms with Crippen molar-refractivity contribution in [1.29, 1.82) is 0 Å². The number of hydrazone groups is 1. The third-order valence-corrected chi connectivity index (χ3v) is 5.25. The monoisotopic (exact) mass is 564 g/mol. The molecule has 0 heterocycles. The Morgan fingerprint density at radius 2 is 1.73 bits per heavy atom.